The third-order valence-corrected chi connectivity index (χ3v) is 4.84. The minimum atomic E-state index is 0.00827. The van der Waals surface area contributed by atoms with E-state index in [9.17, 15) is 4.79 Å². The molecule has 29 heavy (non-hydrogen) atoms. The molecule has 2 aromatic rings. The van der Waals surface area contributed by atoms with Gasteiger partial charge in [0.15, 0.2) is 5.96 Å². The molecule has 0 atom stereocenters. The molecule has 1 aliphatic heterocycles. The van der Waals surface area contributed by atoms with Crippen molar-refractivity contribution in [3.63, 3.8) is 0 Å². The van der Waals surface area contributed by atoms with Crippen LogP contribution in [0.15, 0.2) is 65.7 Å². The summed E-state index contributed by atoms with van der Waals surface area (Å²) in [4.78, 5) is 20.2. The van der Waals surface area contributed by atoms with Crippen LogP contribution in [0.2, 0.25) is 0 Å². The van der Waals surface area contributed by atoms with Gasteiger partial charge in [0.1, 0.15) is 0 Å². The van der Waals surface area contributed by atoms with E-state index < -0.39 is 0 Å². The van der Waals surface area contributed by atoms with Gasteiger partial charge in [-0.2, -0.15) is 0 Å². The van der Waals surface area contributed by atoms with E-state index in [4.69, 9.17) is 0 Å². The molecule has 0 saturated heterocycles. The molecule has 2 N–H and O–H groups in total. The first-order valence-electron chi connectivity index (χ1n) is 9.81. The van der Waals surface area contributed by atoms with Crippen LogP contribution in [-0.2, 0) is 13.1 Å². The lowest BCUT2D eigenvalue weighted by atomic mass is 10.1. The van der Waals surface area contributed by atoms with Crippen molar-refractivity contribution in [3.05, 3.63) is 77.4 Å². The minimum Gasteiger partial charge on any atom is -0.364 e. The topological polar surface area (TPSA) is 60.0 Å². The molecule has 0 radical (unpaired) electrons. The summed E-state index contributed by atoms with van der Waals surface area (Å²) in [7, 11) is 5.27. The summed E-state index contributed by atoms with van der Waals surface area (Å²) in [6, 6.07) is 16.2. The van der Waals surface area contributed by atoms with Crippen LogP contribution in [0.5, 0.6) is 0 Å². The smallest absolute Gasteiger partial charge is 0.253 e. The maximum Gasteiger partial charge on any atom is 0.253 e. The average molecular weight is 392 g/mol. The normalized spacial score (nSPS) is 13.5. The molecule has 0 bridgehead atoms. The van der Waals surface area contributed by atoms with Crippen LogP contribution in [0, 0.1) is 0 Å². The summed E-state index contributed by atoms with van der Waals surface area (Å²) < 4.78 is 0. The second-order valence-electron chi connectivity index (χ2n) is 7.22. The Kier molecular flexibility index (Phi) is 6.89. The van der Waals surface area contributed by atoms with Crippen molar-refractivity contribution in [2.45, 2.75) is 13.1 Å². The maximum atomic E-state index is 12.0. The molecule has 0 spiro atoms. The van der Waals surface area contributed by atoms with Crippen LogP contribution in [0.1, 0.15) is 21.5 Å². The number of anilines is 1. The number of carbonyl (C=O) groups is 1. The number of nitrogens with zero attached hydrogens (tertiary/aromatic N) is 3. The highest BCUT2D eigenvalue weighted by molar-refractivity contribution is 5.93. The van der Waals surface area contributed by atoms with E-state index >= 15 is 0 Å². The summed E-state index contributed by atoms with van der Waals surface area (Å²) in [5.74, 6) is 0.751. The SMILES string of the molecule is CN=C(NCc1ccc(C(=O)N(C)C)cc1)NCc1cccc(N2CC=CC2)c1. The Labute approximate surface area is 172 Å². The van der Waals surface area contributed by atoms with Gasteiger partial charge < -0.3 is 20.4 Å². The predicted octanol–water partition coefficient (Wildman–Crippen LogP) is 2.63. The molecule has 0 unspecified atom stereocenters. The van der Waals surface area contributed by atoms with E-state index in [1.54, 1.807) is 26.0 Å². The zero-order valence-electron chi connectivity index (χ0n) is 17.4. The first-order chi connectivity index (χ1) is 14.1. The zero-order chi connectivity index (χ0) is 20.6. The van der Waals surface area contributed by atoms with Crippen molar-refractivity contribution >= 4 is 17.6 Å². The van der Waals surface area contributed by atoms with Crippen molar-refractivity contribution in [1.82, 2.24) is 15.5 Å². The number of rotatable bonds is 6. The third-order valence-electron chi connectivity index (χ3n) is 4.84. The molecule has 0 fully saturated rings. The molecule has 6 heteroatoms. The highest BCUT2D eigenvalue weighted by Gasteiger charge is 2.09. The zero-order valence-corrected chi connectivity index (χ0v) is 17.4. The Morgan fingerprint density at radius 3 is 2.28 bits per heavy atom. The number of carbonyl (C=O) groups excluding carboxylic acids is 1. The monoisotopic (exact) mass is 391 g/mol. The molecule has 0 aliphatic carbocycles. The van der Waals surface area contributed by atoms with Crippen LogP contribution in [0.25, 0.3) is 0 Å². The van der Waals surface area contributed by atoms with Crippen LogP contribution < -0.4 is 15.5 Å². The van der Waals surface area contributed by atoms with Gasteiger partial charge in [0.25, 0.3) is 5.91 Å². The molecule has 6 nitrogen and oxygen atoms in total. The van der Waals surface area contributed by atoms with E-state index in [0.29, 0.717) is 18.7 Å². The van der Waals surface area contributed by atoms with Crippen molar-refractivity contribution < 1.29 is 4.79 Å². The van der Waals surface area contributed by atoms with Gasteiger partial charge in [0.05, 0.1) is 0 Å². The first-order valence-corrected chi connectivity index (χ1v) is 9.81. The molecule has 152 valence electrons. The van der Waals surface area contributed by atoms with E-state index in [1.807, 2.05) is 24.3 Å². The molecule has 2 aromatic carbocycles. The Hall–Kier alpha value is -3.28. The first kappa shape index (κ1) is 20.5. The van der Waals surface area contributed by atoms with Gasteiger partial charge in [-0.05, 0) is 35.4 Å². The van der Waals surface area contributed by atoms with Crippen LogP contribution >= 0.6 is 0 Å². The summed E-state index contributed by atoms with van der Waals surface area (Å²) in [5, 5.41) is 6.68. The second-order valence-corrected chi connectivity index (χ2v) is 7.22. The predicted molar refractivity (Wildman–Crippen MR) is 119 cm³/mol. The fourth-order valence-electron chi connectivity index (χ4n) is 3.17. The van der Waals surface area contributed by atoms with Crippen molar-refractivity contribution in [3.8, 4) is 0 Å². The minimum absolute atomic E-state index is 0.00827. The fraction of sp³-hybridized carbons (Fsp3) is 0.304. The summed E-state index contributed by atoms with van der Waals surface area (Å²) in [5.41, 5.74) is 4.23. The molecule has 1 heterocycles. The number of hydrogen-bond donors (Lipinski definition) is 2. The van der Waals surface area contributed by atoms with Gasteiger partial charge in [-0.25, -0.2) is 0 Å². The van der Waals surface area contributed by atoms with Gasteiger partial charge in [-0.1, -0.05) is 36.4 Å². The number of nitrogens with one attached hydrogen (secondary N) is 2. The van der Waals surface area contributed by atoms with E-state index in [2.05, 4.69) is 56.9 Å². The van der Waals surface area contributed by atoms with Crippen molar-refractivity contribution in [1.29, 1.82) is 0 Å². The van der Waals surface area contributed by atoms with Crippen LogP contribution in [0.4, 0.5) is 5.69 Å². The van der Waals surface area contributed by atoms with E-state index in [-0.39, 0.29) is 5.91 Å². The number of benzene rings is 2. The van der Waals surface area contributed by atoms with Crippen molar-refractivity contribution in [2.24, 2.45) is 4.99 Å². The molecule has 3 rings (SSSR count). The second kappa shape index (κ2) is 9.78. The molecule has 0 aromatic heterocycles. The summed E-state index contributed by atoms with van der Waals surface area (Å²) in [6.07, 6.45) is 4.39. The lowest BCUT2D eigenvalue weighted by Gasteiger charge is -2.19. The molecule has 1 aliphatic rings. The number of guanidine groups is 1. The van der Waals surface area contributed by atoms with Gasteiger partial charge >= 0.3 is 0 Å². The maximum absolute atomic E-state index is 12.0. The molecular weight excluding hydrogens is 362 g/mol. The Morgan fingerprint density at radius 2 is 1.66 bits per heavy atom. The largest absolute Gasteiger partial charge is 0.364 e. The Bertz CT molecular complexity index is 878. The van der Waals surface area contributed by atoms with Gasteiger partial charge in [0, 0.05) is 58.6 Å². The summed E-state index contributed by atoms with van der Waals surface area (Å²) in [6.45, 7) is 3.28. The summed E-state index contributed by atoms with van der Waals surface area (Å²) >= 11 is 0. The van der Waals surface area contributed by atoms with Crippen LogP contribution in [-0.4, -0.2) is 51.0 Å². The van der Waals surface area contributed by atoms with E-state index in [1.165, 1.54) is 11.3 Å². The molecule has 0 saturated carbocycles. The Morgan fingerprint density at radius 1 is 1.00 bits per heavy atom. The van der Waals surface area contributed by atoms with Gasteiger partial charge in [-0.15, -0.1) is 0 Å². The van der Waals surface area contributed by atoms with Crippen molar-refractivity contribution in [2.75, 3.05) is 39.1 Å². The number of aliphatic imine (C=N–C) groups is 1. The number of hydrogen-bond acceptors (Lipinski definition) is 3. The molecule has 1 amide bonds. The lowest BCUT2D eigenvalue weighted by molar-refractivity contribution is 0.0827. The van der Waals surface area contributed by atoms with Crippen LogP contribution in [0.3, 0.4) is 0 Å². The highest BCUT2D eigenvalue weighted by Crippen LogP contribution is 2.18. The third kappa shape index (κ3) is 5.60. The standard InChI is InChI=1S/C23H29N5O/c1-24-23(25-16-18-9-11-20(12-10-18)22(29)27(2)3)26-17-19-7-6-8-21(15-19)28-13-4-5-14-28/h4-12,15H,13-14,16-17H2,1-3H3,(H2,24,25,26). The quantitative estimate of drug-likeness (QED) is 0.452. The van der Waals surface area contributed by atoms with Gasteiger partial charge in [-0.3, -0.25) is 9.79 Å². The Balaban J connectivity index is 1.51. The fourth-order valence-corrected chi connectivity index (χ4v) is 3.17. The number of amides is 1. The van der Waals surface area contributed by atoms with E-state index in [0.717, 1.165) is 24.6 Å². The highest BCUT2D eigenvalue weighted by atomic mass is 16.2. The average Bonchev–Trinajstić information content (AvgIpc) is 3.29. The molecular formula is C23H29N5O. The lowest BCUT2D eigenvalue weighted by Crippen LogP contribution is -2.36. The van der Waals surface area contributed by atoms with Gasteiger partial charge in [0.2, 0.25) is 0 Å².